The number of benzene rings is 1. The van der Waals surface area contributed by atoms with E-state index >= 15 is 0 Å². The lowest BCUT2D eigenvalue weighted by molar-refractivity contribution is 0.747. The third-order valence-electron chi connectivity index (χ3n) is 2.28. The molecule has 2 rings (SSSR count). The molecular formula is C11H13ClN4. The van der Waals surface area contributed by atoms with E-state index in [2.05, 4.69) is 10.4 Å². The molecule has 0 radical (unpaired) electrons. The van der Waals surface area contributed by atoms with E-state index in [9.17, 15) is 0 Å². The summed E-state index contributed by atoms with van der Waals surface area (Å²) >= 11 is 5.91. The van der Waals surface area contributed by atoms with E-state index in [1.54, 1.807) is 10.7 Å². The fourth-order valence-electron chi connectivity index (χ4n) is 1.43. The van der Waals surface area contributed by atoms with Crippen molar-refractivity contribution in [1.29, 1.82) is 0 Å². The number of nitrogen functional groups attached to an aromatic ring is 1. The van der Waals surface area contributed by atoms with Gasteiger partial charge in [-0.2, -0.15) is 5.10 Å². The molecule has 0 bridgehead atoms. The van der Waals surface area contributed by atoms with Crippen LogP contribution in [0.3, 0.4) is 0 Å². The van der Waals surface area contributed by atoms with Gasteiger partial charge in [-0.25, -0.2) is 0 Å². The Kier molecular flexibility index (Phi) is 3.01. The first-order chi connectivity index (χ1) is 7.66. The third-order valence-corrected chi connectivity index (χ3v) is 2.61. The summed E-state index contributed by atoms with van der Waals surface area (Å²) in [5.41, 5.74) is 8.19. The van der Waals surface area contributed by atoms with E-state index in [-0.39, 0.29) is 0 Å². The van der Waals surface area contributed by atoms with Gasteiger partial charge in [0.2, 0.25) is 0 Å². The molecule has 1 aromatic carbocycles. The number of nitrogens with zero attached hydrogens (tertiary/aromatic N) is 2. The maximum Gasteiger partial charge on any atom is 0.0815 e. The molecule has 1 heterocycles. The van der Waals surface area contributed by atoms with Gasteiger partial charge < -0.3 is 11.1 Å². The Labute approximate surface area is 99.0 Å². The van der Waals surface area contributed by atoms with Crippen LogP contribution in [0, 0.1) is 0 Å². The first-order valence-electron chi connectivity index (χ1n) is 4.93. The Bertz CT molecular complexity index is 492. The van der Waals surface area contributed by atoms with Crippen molar-refractivity contribution in [2.24, 2.45) is 7.05 Å². The van der Waals surface area contributed by atoms with Gasteiger partial charge in [0.15, 0.2) is 0 Å². The number of nitrogens with two attached hydrogens (primary N) is 1. The summed E-state index contributed by atoms with van der Waals surface area (Å²) in [6.45, 7) is 0.630. The van der Waals surface area contributed by atoms with Crippen molar-refractivity contribution in [2.75, 3.05) is 11.1 Å². The molecule has 0 saturated carbocycles. The zero-order chi connectivity index (χ0) is 11.5. The summed E-state index contributed by atoms with van der Waals surface area (Å²) in [5, 5.41) is 8.02. The minimum Gasteiger partial charge on any atom is -0.396 e. The van der Waals surface area contributed by atoms with Gasteiger partial charge in [-0.15, -0.1) is 0 Å². The van der Waals surface area contributed by atoms with E-state index in [1.165, 1.54) is 0 Å². The number of hydrogen-bond acceptors (Lipinski definition) is 3. The lowest BCUT2D eigenvalue weighted by Gasteiger charge is -2.08. The Hall–Kier alpha value is -1.68. The van der Waals surface area contributed by atoms with E-state index in [1.807, 2.05) is 31.4 Å². The highest BCUT2D eigenvalue weighted by Gasteiger charge is 2.03. The molecule has 0 aliphatic carbocycles. The number of para-hydroxylation sites is 1. The lowest BCUT2D eigenvalue weighted by Crippen LogP contribution is -2.03. The molecule has 16 heavy (non-hydrogen) atoms. The highest BCUT2D eigenvalue weighted by atomic mass is 35.5. The Morgan fingerprint density at radius 3 is 2.94 bits per heavy atom. The van der Waals surface area contributed by atoms with Crippen molar-refractivity contribution >= 4 is 23.0 Å². The Balaban J connectivity index is 2.07. The monoisotopic (exact) mass is 236 g/mol. The van der Waals surface area contributed by atoms with Crippen LogP contribution in [0.2, 0.25) is 5.02 Å². The summed E-state index contributed by atoms with van der Waals surface area (Å²) in [6.07, 6.45) is 1.90. The molecule has 84 valence electrons. The summed E-state index contributed by atoms with van der Waals surface area (Å²) < 4.78 is 1.76. The van der Waals surface area contributed by atoms with Gasteiger partial charge >= 0.3 is 0 Å². The highest BCUT2D eigenvalue weighted by Crippen LogP contribution is 2.26. The quantitative estimate of drug-likeness (QED) is 0.804. The van der Waals surface area contributed by atoms with Crippen molar-refractivity contribution in [2.45, 2.75) is 6.54 Å². The van der Waals surface area contributed by atoms with Crippen molar-refractivity contribution in [1.82, 2.24) is 9.78 Å². The topological polar surface area (TPSA) is 55.9 Å². The largest absolute Gasteiger partial charge is 0.396 e. The van der Waals surface area contributed by atoms with Gasteiger partial charge in [0.25, 0.3) is 0 Å². The number of aromatic nitrogens is 2. The zero-order valence-electron chi connectivity index (χ0n) is 8.94. The van der Waals surface area contributed by atoms with Gasteiger partial charge in [-0.05, 0) is 18.2 Å². The number of rotatable bonds is 3. The van der Waals surface area contributed by atoms with Crippen LogP contribution in [0.25, 0.3) is 0 Å². The van der Waals surface area contributed by atoms with E-state index in [4.69, 9.17) is 17.3 Å². The minimum atomic E-state index is 0.561. The zero-order valence-corrected chi connectivity index (χ0v) is 9.70. The normalized spacial score (nSPS) is 10.4. The SMILES string of the molecule is Cn1ccc(CNc2cccc(Cl)c2N)n1. The average molecular weight is 237 g/mol. The van der Waals surface area contributed by atoms with Gasteiger partial charge in [0.1, 0.15) is 0 Å². The van der Waals surface area contributed by atoms with Crippen LogP contribution in [-0.2, 0) is 13.6 Å². The molecule has 0 fully saturated rings. The highest BCUT2D eigenvalue weighted by molar-refractivity contribution is 6.33. The number of aryl methyl sites for hydroxylation is 1. The molecule has 0 atom stereocenters. The van der Waals surface area contributed by atoms with Crippen LogP contribution in [0.15, 0.2) is 30.5 Å². The predicted octanol–water partition coefficient (Wildman–Crippen LogP) is 2.27. The van der Waals surface area contributed by atoms with Gasteiger partial charge in [0.05, 0.1) is 28.6 Å². The molecule has 0 aliphatic heterocycles. The van der Waals surface area contributed by atoms with Crippen LogP contribution in [0.1, 0.15) is 5.69 Å². The first kappa shape index (κ1) is 10.8. The van der Waals surface area contributed by atoms with Crippen LogP contribution in [0.5, 0.6) is 0 Å². The molecule has 3 N–H and O–H groups in total. The van der Waals surface area contributed by atoms with Gasteiger partial charge in [0, 0.05) is 13.2 Å². The standard InChI is InChI=1S/C11H13ClN4/c1-16-6-5-8(15-16)7-14-10-4-2-3-9(12)11(10)13/h2-6,14H,7,13H2,1H3. The molecule has 0 spiro atoms. The van der Waals surface area contributed by atoms with Crippen LogP contribution in [-0.4, -0.2) is 9.78 Å². The fourth-order valence-corrected chi connectivity index (χ4v) is 1.61. The smallest absolute Gasteiger partial charge is 0.0815 e. The molecule has 4 nitrogen and oxygen atoms in total. The maximum absolute atomic E-state index is 5.91. The molecule has 0 amide bonds. The second-order valence-electron chi connectivity index (χ2n) is 3.54. The average Bonchev–Trinajstić information content (AvgIpc) is 2.67. The van der Waals surface area contributed by atoms with Crippen molar-refractivity contribution in [3.8, 4) is 0 Å². The first-order valence-corrected chi connectivity index (χ1v) is 5.31. The fraction of sp³-hybridized carbons (Fsp3) is 0.182. The molecule has 1 aromatic heterocycles. The van der Waals surface area contributed by atoms with E-state index < -0.39 is 0 Å². The number of anilines is 2. The van der Waals surface area contributed by atoms with Crippen molar-refractivity contribution in [3.63, 3.8) is 0 Å². The maximum atomic E-state index is 5.91. The van der Waals surface area contributed by atoms with Crippen molar-refractivity contribution in [3.05, 3.63) is 41.2 Å². The predicted molar refractivity (Wildman–Crippen MR) is 66.4 cm³/mol. The number of hydrogen-bond donors (Lipinski definition) is 2. The number of nitrogens with one attached hydrogen (secondary N) is 1. The minimum absolute atomic E-state index is 0.561. The molecule has 0 aliphatic rings. The Morgan fingerprint density at radius 2 is 2.25 bits per heavy atom. The molecule has 0 unspecified atom stereocenters. The van der Waals surface area contributed by atoms with Gasteiger partial charge in [-0.1, -0.05) is 17.7 Å². The summed E-state index contributed by atoms with van der Waals surface area (Å²) in [6, 6.07) is 7.47. The summed E-state index contributed by atoms with van der Waals surface area (Å²) in [5.74, 6) is 0. The van der Waals surface area contributed by atoms with Crippen LogP contribution >= 0.6 is 11.6 Å². The molecule has 2 aromatic rings. The molecular weight excluding hydrogens is 224 g/mol. The molecule has 5 heteroatoms. The van der Waals surface area contributed by atoms with E-state index in [0.29, 0.717) is 17.3 Å². The summed E-state index contributed by atoms with van der Waals surface area (Å²) in [7, 11) is 1.89. The molecule has 0 saturated heterocycles. The number of halogens is 1. The van der Waals surface area contributed by atoms with Crippen LogP contribution < -0.4 is 11.1 Å². The van der Waals surface area contributed by atoms with Crippen LogP contribution in [0.4, 0.5) is 11.4 Å². The summed E-state index contributed by atoms with van der Waals surface area (Å²) in [4.78, 5) is 0. The second kappa shape index (κ2) is 4.45. The van der Waals surface area contributed by atoms with E-state index in [0.717, 1.165) is 11.4 Å². The van der Waals surface area contributed by atoms with Crippen molar-refractivity contribution < 1.29 is 0 Å². The lowest BCUT2D eigenvalue weighted by atomic mass is 10.2. The Morgan fingerprint density at radius 1 is 1.44 bits per heavy atom. The van der Waals surface area contributed by atoms with Gasteiger partial charge in [-0.3, -0.25) is 4.68 Å². The third kappa shape index (κ3) is 2.28. The second-order valence-corrected chi connectivity index (χ2v) is 3.94.